The van der Waals surface area contributed by atoms with Gasteiger partial charge in [0.25, 0.3) is 0 Å². The van der Waals surface area contributed by atoms with Crippen molar-refractivity contribution in [2.75, 3.05) is 6.54 Å². The van der Waals surface area contributed by atoms with E-state index in [1.54, 1.807) is 0 Å². The second kappa shape index (κ2) is 5.14. The highest BCUT2D eigenvalue weighted by Crippen LogP contribution is 2.43. The monoisotopic (exact) mass is 276 g/mol. The third kappa shape index (κ3) is 2.50. The lowest BCUT2D eigenvalue weighted by molar-refractivity contribution is 0.166. The van der Waals surface area contributed by atoms with Crippen molar-refractivity contribution in [1.82, 2.24) is 20.1 Å². The Morgan fingerprint density at radius 3 is 2.35 bits per heavy atom. The summed E-state index contributed by atoms with van der Waals surface area (Å²) in [4.78, 5) is 0. The molecule has 0 amide bonds. The summed E-state index contributed by atoms with van der Waals surface area (Å²) in [6.45, 7) is 11.4. The maximum absolute atomic E-state index is 4.53. The van der Waals surface area contributed by atoms with E-state index >= 15 is 0 Å². The van der Waals surface area contributed by atoms with Crippen LogP contribution in [0.15, 0.2) is 0 Å². The minimum atomic E-state index is 0.343. The first-order valence-electron chi connectivity index (χ1n) is 8.13. The maximum atomic E-state index is 4.53. The highest BCUT2D eigenvalue weighted by molar-refractivity contribution is 5.08. The average Bonchev–Trinajstić information content (AvgIpc) is 2.83. The van der Waals surface area contributed by atoms with Crippen molar-refractivity contribution in [3.8, 4) is 0 Å². The first-order chi connectivity index (χ1) is 9.47. The molecular weight excluding hydrogens is 248 g/mol. The van der Waals surface area contributed by atoms with Gasteiger partial charge in [0.2, 0.25) is 0 Å². The third-order valence-corrected chi connectivity index (χ3v) is 5.30. The van der Waals surface area contributed by atoms with Gasteiger partial charge in [-0.2, -0.15) is 0 Å². The summed E-state index contributed by atoms with van der Waals surface area (Å²) >= 11 is 0. The summed E-state index contributed by atoms with van der Waals surface area (Å²) < 4.78 is 2.38. The molecule has 0 bridgehead atoms. The molecule has 4 heteroatoms. The molecule has 20 heavy (non-hydrogen) atoms. The summed E-state index contributed by atoms with van der Waals surface area (Å²) in [5.74, 6) is 3.87. The van der Waals surface area contributed by atoms with Gasteiger partial charge in [-0.1, -0.05) is 20.8 Å². The van der Waals surface area contributed by atoms with Crippen LogP contribution in [0.25, 0.3) is 0 Å². The van der Waals surface area contributed by atoms with Crippen LogP contribution in [0, 0.1) is 11.3 Å². The van der Waals surface area contributed by atoms with Gasteiger partial charge in [0, 0.05) is 19.0 Å². The maximum Gasteiger partial charge on any atom is 0.149 e. The molecule has 1 fully saturated rings. The topological polar surface area (TPSA) is 42.7 Å². The molecule has 4 nitrogen and oxygen atoms in total. The summed E-state index contributed by atoms with van der Waals surface area (Å²) in [6.07, 6.45) is 5.23. The van der Waals surface area contributed by atoms with Crippen LogP contribution in [0.4, 0.5) is 0 Å². The Labute approximate surface area is 122 Å². The fourth-order valence-corrected chi connectivity index (χ4v) is 3.88. The van der Waals surface area contributed by atoms with Crippen LogP contribution in [0.5, 0.6) is 0 Å². The number of hydrogen-bond donors (Lipinski definition) is 1. The van der Waals surface area contributed by atoms with Gasteiger partial charge in [0.05, 0.1) is 6.04 Å². The van der Waals surface area contributed by atoms with Crippen LogP contribution in [0.1, 0.15) is 77.0 Å². The fourth-order valence-electron chi connectivity index (χ4n) is 3.88. The van der Waals surface area contributed by atoms with Gasteiger partial charge in [0.1, 0.15) is 11.6 Å². The quantitative estimate of drug-likeness (QED) is 0.856. The van der Waals surface area contributed by atoms with Gasteiger partial charge in [-0.25, -0.2) is 0 Å². The minimum absolute atomic E-state index is 0.343. The smallest absolute Gasteiger partial charge is 0.149 e. The number of nitrogens with one attached hydrogen (secondary N) is 1. The zero-order valence-corrected chi connectivity index (χ0v) is 13.3. The van der Waals surface area contributed by atoms with Crippen LogP contribution in [-0.4, -0.2) is 21.3 Å². The Hall–Kier alpha value is -0.900. The van der Waals surface area contributed by atoms with Gasteiger partial charge >= 0.3 is 0 Å². The molecule has 3 rings (SSSR count). The molecule has 1 aliphatic carbocycles. The van der Waals surface area contributed by atoms with E-state index in [0.29, 0.717) is 17.4 Å². The molecule has 0 saturated heterocycles. The van der Waals surface area contributed by atoms with Crippen LogP contribution in [0.2, 0.25) is 0 Å². The van der Waals surface area contributed by atoms with Gasteiger partial charge in [-0.15, -0.1) is 10.2 Å². The normalized spacial score (nSPS) is 31.1. The third-order valence-electron chi connectivity index (χ3n) is 5.30. The lowest BCUT2D eigenvalue weighted by Crippen LogP contribution is -2.33. The Bertz CT molecular complexity index is 463. The number of aromatic nitrogens is 3. The highest BCUT2D eigenvalue weighted by atomic mass is 15.3. The molecule has 2 heterocycles. The predicted octanol–water partition coefficient (Wildman–Crippen LogP) is 3.26. The second-order valence-electron chi connectivity index (χ2n) is 7.66. The number of nitrogens with zero attached hydrogens (tertiary/aromatic N) is 3. The van der Waals surface area contributed by atoms with Crippen molar-refractivity contribution in [3.05, 3.63) is 11.6 Å². The Balaban J connectivity index is 1.73. The zero-order valence-electron chi connectivity index (χ0n) is 13.3. The van der Waals surface area contributed by atoms with Crippen LogP contribution in [-0.2, 0) is 6.54 Å². The van der Waals surface area contributed by atoms with Crippen molar-refractivity contribution in [2.24, 2.45) is 11.3 Å². The molecule has 1 aromatic rings. The van der Waals surface area contributed by atoms with Gasteiger partial charge in [-0.3, -0.25) is 0 Å². The molecule has 0 radical (unpaired) electrons. The summed E-state index contributed by atoms with van der Waals surface area (Å²) in [6, 6.07) is 0.343. The fraction of sp³-hybridized carbons (Fsp3) is 0.875. The predicted molar refractivity (Wildman–Crippen MR) is 80.6 cm³/mol. The van der Waals surface area contributed by atoms with Crippen molar-refractivity contribution in [1.29, 1.82) is 0 Å². The molecule has 0 aromatic carbocycles. The van der Waals surface area contributed by atoms with E-state index in [1.165, 1.54) is 31.5 Å². The molecule has 2 aliphatic rings. The van der Waals surface area contributed by atoms with Crippen molar-refractivity contribution >= 4 is 0 Å². The molecular formula is C16H28N4. The lowest BCUT2D eigenvalue weighted by atomic mass is 9.69. The summed E-state index contributed by atoms with van der Waals surface area (Å²) in [5.41, 5.74) is 0.452. The van der Waals surface area contributed by atoms with E-state index in [2.05, 4.69) is 47.8 Å². The standard InChI is InChI=1S/C16H28N4/c1-11-14-18-19-15(20(14)10-9-17-11)12-5-7-13(8-6-12)16(2,3)4/h11-13,17H,5-10H2,1-4H3. The number of fused-ring (bicyclic) bond motifs is 1. The molecule has 1 aliphatic heterocycles. The van der Waals surface area contributed by atoms with Crippen molar-refractivity contribution in [2.45, 2.75) is 71.9 Å². The van der Waals surface area contributed by atoms with E-state index in [0.717, 1.165) is 24.8 Å². The van der Waals surface area contributed by atoms with E-state index in [4.69, 9.17) is 0 Å². The average molecular weight is 276 g/mol. The summed E-state index contributed by atoms with van der Waals surface area (Å²) in [5, 5.41) is 12.4. The van der Waals surface area contributed by atoms with Crippen LogP contribution < -0.4 is 5.32 Å². The van der Waals surface area contributed by atoms with Crippen LogP contribution in [0.3, 0.4) is 0 Å². The molecule has 1 atom stereocenters. The molecule has 0 spiro atoms. The zero-order chi connectivity index (χ0) is 14.3. The second-order valence-corrected chi connectivity index (χ2v) is 7.66. The number of hydrogen-bond acceptors (Lipinski definition) is 3. The van der Waals surface area contributed by atoms with E-state index in [1.807, 2.05) is 0 Å². The Kier molecular flexibility index (Phi) is 3.61. The Morgan fingerprint density at radius 1 is 1.05 bits per heavy atom. The van der Waals surface area contributed by atoms with E-state index < -0.39 is 0 Å². The van der Waals surface area contributed by atoms with Crippen molar-refractivity contribution < 1.29 is 0 Å². The molecule has 1 N–H and O–H groups in total. The highest BCUT2D eigenvalue weighted by Gasteiger charge is 2.33. The molecule has 1 saturated carbocycles. The largest absolute Gasteiger partial charge is 0.312 e. The molecule has 1 aromatic heterocycles. The van der Waals surface area contributed by atoms with E-state index in [9.17, 15) is 0 Å². The van der Waals surface area contributed by atoms with Crippen LogP contribution >= 0.6 is 0 Å². The van der Waals surface area contributed by atoms with Crippen molar-refractivity contribution in [3.63, 3.8) is 0 Å². The van der Waals surface area contributed by atoms with E-state index in [-0.39, 0.29) is 0 Å². The first kappa shape index (κ1) is 14.1. The van der Waals surface area contributed by atoms with Gasteiger partial charge in [-0.05, 0) is 43.9 Å². The van der Waals surface area contributed by atoms with Gasteiger partial charge in [0.15, 0.2) is 0 Å². The molecule has 112 valence electrons. The minimum Gasteiger partial charge on any atom is -0.312 e. The summed E-state index contributed by atoms with van der Waals surface area (Å²) in [7, 11) is 0. The SMILES string of the molecule is CC1NCCn2c(C3CCC(C(C)(C)C)CC3)nnc21. The first-order valence-corrected chi connectivity index (χ1v) is 8.13. The number of rotatable bonds is 1. The molecule has 1 unspecified atom stereocenters. The van der Waals surface area contributed by atoms with Gasteiger partial charge < -0.3 is 9.88 Å². The lowest BCUT2D eigenvalue weighted by Gasteiger charge is -2.37. The Morgan fingerprint density at radius 2 is 1.70 bits per heavy atom.